The zero-order valence-electron chi connectivity index (χ0n) is 12.0. The molecule has 0 aromatic heterocycles. The fraction of sp³-hybridized carbons (Fsp3) is 0.769. The van der Waals surface area contributed by atoms with Gasteiger partial charge >= 0.3 is 11.9 Å². The summed E-state index contributed by atoms with van der Waals surface area (Å²) in [5, 5.41) is 2.62. The number of hydrogen-bond acceptors (Lipinski definition) is 6. The molecule has 7 nitrogen and oxygen atoms in total. The molecular formula is C13H21NO6. The Labute approximate surface area is 117 Å². The number of hydrogen-bond donors (Lipinski definition) is 1. The summed E-state index contributed by atoms with van der Waals surface area (Å²) in [4.78, 5) is 35.1. The SMILES string of the molecule is COC(=O)[C@@H](C)C[C@@H](NC(=O)[C@@H]1CCOC1)C(=O)OC. The van der Waals surface area contributed by atoms with Crippen LogP contribution in [0.4, 0.5) is 0 Å². The van der Waals surface area contributed by atoms with E-state index in [0.717, 1.165) is 0 Å². The molecule has 1 aliphatic heterocycles. The van der Waals surface area contributed by atoms with Crippen LogP contribution in [0, 0.1) is 11.8 Å². The Hall–Kier alpha value is -1.63. The minimum Gasteiger partial charge on any atom is -0.469 e. The summed E-state index contributed by atoms with van der Waals surface area (Å²) < 4.78 is 14.4. The summed E-state index contributed by atoms with van der Waals surface area (Å²) >= 11 is 0. The van der Waals surface area contributed by atoms with E-state index in [4.69, 9.17) is 4.74 Å². The molecule has 1 aliphatic rings. The highest BCUT2D eigenvalue weighted by Gasteiger charge is 2.31. The summed E-state index contributed by atoms with van der Waals surface area (Å²) in [7, 11) is 2.52. The van der Waals surface area contributed by atoms with Crippen molar-refractivity contribution in [3.05, 3.63) is 0 Å². The average Bonchev–Trinajstić information content (AvgIpc) is 2.98. The second-order valence-corrected chi connectivity index (χ2v) is 4.80. The van der Waals surface area contributed by atoms with E-state index in [0.29, 0.717) is 19.6 Å². The van der Waals surface area contributed by atoms with Crippen LogP contribution in [0.15, 0.2) is 0 Å². The molecule has 0 saturated carbocycles. The summed E-state index contributed by atoms with van der Waals surface area (Å²) in [5.41, 5.74) is 0. The first-order valence-corrected chi connectivity index (χ1v) is 6.53. The Morgan fingerprint density at radius 3 is 2.40 bits per heavy atom. The minimum atomic E-state index is -0.859. The number of methoxy groups -OCH3 is 2. The van der Waals surface area contributed by atoms with E-state index in [9.17, 15) is 14.4 Å². The van der Waals surface area contributed by atoms with Crippen molar-refractivity contribution in [1.82, 2.24) is 5.32 Å². The van der Waals surface area contributed by atoms with Crippen molar-refractivity contribution >= 4 is 17.8 Å². The first-order chi connectivity index (χ1) is 9.49. The lowest BCUT2D eigenvalue weighted by molar-refractivity contribution is -0.149. The van der Waals surface area contributed by atoms with Gasteiger partial charge in [-0.3, -0.25) is 9.59 Å². The molecule has 0 radical (unpaired) electrons. The van der Waals surface area contributed by atoms with Crippen LogP contribution in [0.25, 0.3) is 0 Å². The molecule has 1 saturated heterocycles. The zero-order chi connectivity index (χ0) is 15.1. The van der Waals surface area contributed by atoms with Crippen molar-refractivity contribution in [2.24, 2.45) is 11.8 Å². The maximum Gasteiger partial charge on any atom is 0.328 e. The molecule has 1 fully saturated rings. The van der Waals surface area contributed by atoms with Crippen LogP contribution < -0.4 is 5.32 Å². The maximum atomic E-state index is 12.0. The van der Waals surface area contributed by atoms with Crippen molar-refractivity contribution in [3.63, 3.8) is 0 Å². The van der Waals surface area contributed by atoms with Gasteiger partial charge in [0.1, 0.15) is 6.04 Å². The van der Waals surface area contributed by atoms with Gasteiger partial charge in [0.2, 0.25) is 5.91 Å². The molecule has 114 valence electrons. The molecule has 0 bridgehead atoms. The van der Waals surface area contributed by atoms with Gasteiger partial charge in [-0.15, -0.1) is 0 Å². The van der Waals surface area contributed by atoms with Crippen LogP contribution in [0.2, 0.25) is 0 Å². The van der Waals surface area contributed by atoms with Gasteiger partial charge in [-0.25, -0.2) is 4.79 Å². The molecule has 1 rings (SSSR count). The monoisotopic (exact) mass is 287 g/mol. The number of carbonyl (C=O) groups excluding carboxylic acids is 3. The van der Waals surface area contributed by atoms with Crippen LogP contribution in [-0.2, 0) is 28.6 Å². The van der Waals surface area contributed by atoms with Crippen LogP contribution in [0.3, 0.4) is 0 Å². The number of carbonyl (C=O) groups is 3. The lowest BCUT2D eigenvalue weighted by Gasteiger charge is -2.20. The minimum absolute atomic E-state index is 0.138. The smallest absolute Gasteiger partial charge is 0.328 e. The molecule has 7 heteroatoms. The highest BCUT2D eigenvalue weighted by molar-refractivity contribution is 5.86. The maximum absolute atomic E-state index is 12.0. The predicted molar refractivity (Wildman–Crippen MR) is 68.7 cm³/mol. The third-order valence-corrected chi connectivity index (χ3v) is 3.30. The van der Waals surface area contributed by atoms with Gasteiger partial charge in [0, 0.05) is 6.61 Å². The zero-order valence-corrected chi connectivity index (χ0v) is 12.0. The van der Waals surface area contributed by atoms with Gasteiger partial charge in [0.25, 0.3) is 0 Å². The Balaban J connectivity index is 2.61. The number of nitrogens with one attached hydrogen (secondary N) is 1. The van der Waals surface area contributed by atoms with Crippen molar-refractivity contribution in [1.29, 1.82) is 0 Å². The number of rotatable bonds is 6. The lowest BCUT2D eigenvalue weighted by Crippen LogP contribution is -2.45. The quantitative estimate of drug-likeness (QED) is 0.685. The highest BCUT2D eigenvalue weighted by atomic mass is 16.5. The summed E-state index contributed by atoms with van der Waals surface area (Å²) in [6, 6.07) is -0.859. The van der Waals surface area contributed by atoms with Gasteiger partial charge in [0.15, 0.2) is 0 Å². The molecule has 20 heavy (non-hydrogen) atoms. The Bertz CT molecular complexity index is 364. The molecule has 1 N–H and O–H groups in total. The Morgan fingerprint density at radius 1 is 1.25 bits per heavy atom. The molecule has 1 heterocycles. The molecule has 1 amide bonds. The standard InChI is InChI=1S/C13H21NO6/c1-8(12(16)18-2)6-10(13(17)19-3)14-11(15)9-4-5-20-7-9/h8-10H,4-7H2,1-3H3,(H,14,15)/t8-,9+,10+/m0/s1. The third-order valence-electron chi connectivity index (χ3n) is 3.30. The van der Waals surface area contributed by atoms with Gasteiger partial charge in [-0.05, 0) is 12.8 Å². The highest BCUT2D eigenvalue weighted by Crippen LogP contribution is 2.14. The van der Waals surface area contributed by atoms with E-state index in [2.05, 4.69) is 14.8 Å². The van der Waals surface area contributed by atoms with E-state index in [1.807, 2.05) is 0 Å². The molecule has 3 atom stereocenters. The largest absolute Gasteiger partial charge is 0.469 e. The van der Waals surface area contributed by atoms with E-state index in [-0.39, 0.29) is 18.2 Å². The van der Waals surface area contributed by atoms with Crippen LogP contribution in [0.1, 0.15) is 19.8 Å². The van der Waals surface area contributed by atoms with E-state index in [1.54, 1.807) is 6.92 Å². The van der Waals surface area contributed by atoms with Crippen molar-refractivity contribution in [3.8, 4) is 0 Å². The Morgan fingerprint density at radius 2 is 1.90 bits per heavy atom. The molecule has 0 unspecified atom stereocenters. The first kappa shape index (κ1) is 16.4. The summed E-state index contributed by atoms with van der Waals surface area (Å²) in [5.74, 6) is -2.03. The molecular weight excluding hydrogens is 266 g/mol. The second-order valence-electron chi connectivity index (χ2n) is 4.80. The third kappa shape index (κ3) is 4.48. The number of ether oxygens (including phenoxy) is 3. The van der Waals surface area contributed by atoms with E-state index < -0.39 is 23.9 Å². The average molecular weight is 287 g/mol. The number of amides is 1. The summed E-state index contributed by atoms with van der Waals surface area (Å²) in [6.45, 7) is 2.53. The molecule has 0 aliphatic carbocycles. The normalized spacial score (nSPS) is 20.9. The topological polar surface area (TPSA) is 90.9 Å². The fourth-order valence-electron chi connectivity index (χ4n) is 2.04. The van der Waals surface area contributed by atoms with Gasteiger partial charge in [0.05, 0.1) is 32.7 Å². The Kier molecular flexibility index (Phi) is 6.44. The van der Waals surface area contributed by atoms with Crippen molar-refractivity contribution in [2.45, 2.75) is 25.8 Å². The second kappa shape index (κ2) is 7.84. The van der Waals surface area contributed by atoms with Crippen LogP contribution in [-0.4, -0.2) is 51.3 Å². The predicted octanol–water partition coefficient (Wildman–Crippen LogP) is -0.120. The van der Waals surface area contributed by atoms with Gasteiger partial charge in [-0.2, -0.15) is 0 Å². The van der Waals surface area contributed by atoms with Crippen molar-refractivity contribution < 1.29 is 28.6 Å². The summed E-state index contributed by atoms with van der Waals surface area (Å²) in [6.07, 6.45) is 0.769. The van der Waals surface area contributed by atoms with Crippen LogP contribution in [0.5, 0.6) is 0 Å². The molecule has 0 aromatic rings. The van der Waals surface area contributed by atoms with Gasteiger partial charge in [-0.1, -0.05) is 6.92 Å². The van der Waals surface area contributed by atoms with E-state index >= 15 is 0 Å². The first-order valence-electron chi connectivity index (χ1n) is 6.53. The fourth-order valence-corrected chi connectivity index (χ4v) is 2.04. The molecule has 0 aromatic carbocycles. The van der Waals surface area contributed by atoms with Crippen LogP contribution >= 0.6 is 0 Å². The van der Waals surface area contributed by atoms with E-state index in [1.165, 1.54) is 14.2 Å². The molecule has 0 spiro atoms. The number of esters is 2. The van der Waals surface area contributed by atoms with Crippen molar-refractivity contribution in [2.75, 3.05) is 27.4 Å². The lowest BCUT2D eigenvalue weighted by atomic mass is 10.0. The van der Waals surface area contributed by atoms with Gasteiger partial charge < -0.3 is 19.5 Å².